The molecular formula is C29H30ClFN4O5S. The summed E-state index contributed by atoms with van der Waals surface area (Å²) in [5.41, 5.74) is 2.10. The molecule has 0 N–H and O–H groups in total. The molecule has 2 atom stereocenters. The maximum Gasteiger partial charge on any atom is 0.274 e. The van der Waals surface area contributed by atoms with E-state index in [0.29, 0.717) is 28.9 Å². The molecular weight excluding hydrogens is 571 g/mol. The molecule has 2 fully saturated rings. The number of aromatic nitrogens is 2. The molecule has 0 bridgehead atoms. The molecule has 1 saturated heterocycles. The first kappa shape index (κ1) is 28.9. The average Bonchev–Trinajstić information content (AvgIpc) is 3.72. The van der Waals surface area contributed by atoms with Crippen molar-refractivity contribution in [2.75, 3.05) is 38.7 Å². The standard InChI is InChI=1S/C29H30ClFN4O5S/c1-16-15-32-23(18-6-5-7-19(26(18)31)27(36)33(3)4)14-24(16)35-17(2)12-21(25(30)29(35)38)20-13-22(20)28(37)34-8-10-41(39,40)11-9-34/h5-7,12,14-15,20,22H,8-11,13H2,1-4H3/t20-,22+/m1/s1. The third kappa shape index (κ3) is 5.40. The van der Waals surface area contributed by atoms with E-state index >= 15 is 4.39 Å². The van der Waals surface area contributed by atoms with Crippen LogP contribution in [-0.2, 0) is 14.6 Å². The minimum Gasteiger partial charge on any atom is -0.345 e. The van der Waals surface area contributed by atoms with Gasteiger partial charge in [-0.05, 0) is 61.6 Å². The van der Waals surface area contributed by atoms with Crippen LogP contribution in [0.15, 0.2) is 41.3 Å². The fraction of sp³-hybridized carbons (Fsp3) is 0.379. The van der Waals surface area contributed by atoms with Gasteiger partial charge < -0.3 is 9.80 Å². The molecule has 1 aliphatic heterocycles. The molecule has 5 rings (SSSR count). The highest BCUT2D eigenvalue weighted by Crippen LogP contribution is 2.50. The van der Waals surface area contributed by atoms with Gasteiger partial charge in [0.1, 0.15) is 10.8 Å². The quantitative estimate of drug-likeness (QED) is 0.444. The van der Waals surface area contributed by atoms with Gasteiger partial charge in [-0.1, -0.05) is 17.7 Å². The number of sulfone groups is 1. The molecule has 0 radical (unpaired) electrons. The van der Waals surface area contributed by atoms with Crippen LogP contribution in [0.5, 0.6) is 0 Å². The van der Waals surface area contributed by atoms with Gasteiger partial charge in [0.15, 0.2) is 9.84 Å². The lowest BCUT2D eigenvalue weighted by Gasteiger charge is -2.27. The summed E-state index contributed by atoms with van der Waals surface area (Å²) in [7, 11) is -0.0250. The lowest BCUT2D eigenvalue weighted by molar-refractivity contribution is -0.132. The van der Waals surface area contributed by atoms with E-state index in [-0.39, 0.29) is 64.2 Å². The number of benzene rings is 1. The molecule has 0 spiro atoms. The Hall–Kier alpha value is -3.57. The Bertz CT molecular complexity index is 1740. The van der Waals surface area contributed by atoms with Crippen molar-refractivity contribution in [3.8, 4) is 16.9 Å². The Morgan fingerprint density at radius 1 is 1.12 bits per heavy atom. The summed E-state index contributed by atoms with van der Waals surface area (Å²) in [6.45, 7) is 3.88. The minimum absolute atomic E-state index is 0.000332. The van der Waals surface area contributed by atoms with Gasteiger partial charge in [0, 0.05) is 50.6 Å². The first-order valence-electron chi connectivity index (χ1n) is 13.2. The van der Waals surface area contributed by atoms with Crippen LogP contribution in [0.1, 0.15) is 39.5 Å². The van der Waals surface area contributed by atoms with Gasteiger partial charge in [-0.3, -0.25) is 23.9 Å². The summed E-state index contributed by atoms with van der Waals surface area (Å²) in [6.07, 6.45) is 2.07. The van der Waals surface area contributed by atoms with Crippen molar-refractivity contribution >= 4 is 33.3 Å². The smallest absolute Gasteiger partial charge is 0.274 e. The van der Waals surface area contributed by atoms with Crippen molar-refractivity contribution in [3.63, 3.8) is 0 Å². The lowest BCUT2D eigenvalue weighted by Crippen LogP contribution is -2.44. The van der Waals surface area contributed by atoms with E-state index in [1.54, 1.807) is 51.0 Å². The van der Waals surface area contributed by atoms with E-state index < -0.39 is 27.1 Å². The van der Waals surface area contributed by atoms with Crippen LogP contribution in [-0.4, -0.2) is 78.3 Å². The largest absolute Gasteiger partial charge is 0.345 e. The van der Waals surface area contributed by atoms with E-state index in [4.69, 9.17) is 11.6 Å². The van der Waals surface area contributed by atoms with Gasteiger partial charge in [-0.25, -0.2) is 12.8 Å². The van der Waals surface area contributed by atoms with Crippen LogP contribution in [0.2, 0.25) is 5.02 Å². The summed E-state index contributed by atoms with van der Waals surface area (Å²) in [4.78, 5) is 46.3. The summed E-state index contributed by atoms with van der Waals surface area (Å²) in [5.74, 6) is -1.96. The zero-order valence-corrected chi connectivity index (χ0v) is 24.7. The number of carbonyl (C=O) groups is 2. The Morgan fingerprint density at radius 3 is 2.46 bits per heavy atom. The third-order valence-electron chi connectivity index (χ3n) is 7.75. The highest BCUT2D eigenvalue weighted by molar-refractivity contribution is 7.91. The topological polar surface area (TPSA) is 110 Å². The number of pyridine rings is 2. The average molecular weight is 601 g/mol. The number of aryl methyl sites for hydroxylation is 2. The van der Waals surface area contributed by atoms with Crippen molar-refractivity contribution in [1.82, 2.24) is 19.4 Å². The fourth-order valence-corrected chi connectivity index (χ4v) is 6.80. The van der Waals surface area contributed by atoms with Crippen molar-refractivity contribution < 1.29 is 22.4 Å². The molecule has 3 heterocycles. The summed E-state index contributed by atoms with van der Waals surface area (Å²) in [5, 5.41) is -0.000332. The molecule has 12 heteroatoms. The van der Waals surface area contributed by atoms with Crippen molar-refractivity contribution in [3.05, 3.63) is 80.1 Å². The van der Waals surface area contributed by atoms with Crippen LogP contribution < -0.4 is 5.56 Å². The second-order valence-corrected chi connectivity index (χ2v) is 13.5. The van der Waals surface area contributed by atoms with Crippen molar-refractivity contribution in [2.45, 2.75) is 26.2 Å². The Balaban J connectivity index is 1.47. The lowest BCUT2D eigenvalue weighted by atomic mass is 10.0. The van der Waals surface area contributed by atoms with Gasteiger partial charge in [-0.15, -0.1) is 0 Å². The number of nitrogens with zero attached hydrogens (tertiary/aromatic N) is 4. The number of carbonyl (C=O) groups excluding carboxylic acids is 2. The number of hydrogen-bond acceptors (Lipinski definition) is 6. The van der Waals surface area contributed by atoms with E-state index in [9.17, 15) is 22.8 Å². The second kappa shape index (κ2) is 10.7. The SMILES string of the molecule is Cc1cnc(-c2cccc(C(=O)N(C)C)c2F)cc1-n1c(C)cc([C@H]2C[C@@H]2C(=O)N2CCS(=O)(=O)CC2)c(Cl)c1=O. The fourth-order valence-electron chi connectivity index (χ4n) is 5.32. The third-order valence-corrected chi connectivity index (χ3v) is 9.74. The molecule has 1 saturated carbocycles. The Labute approximate surface area is 242 Å². The first-order valence-corrected chi connectivity index (χ1v) is 15.4. The summed E-state index contributed by atoms with van der Waals surface area (Å²) < 4.78 is 40.3. The van der Waals surface area contributed by atoms with Gasteiger partial charge >= 0.3 is 0 Å². The number of amides is 2. The first-order chi connectivity index (χ1) is 19.3. The molecule has 2 aromatic heterocycles. The maximum atomic E-state index is 15.4. The highest BCUT2D eigenvalue weighted by atomic mass is 35.5. The van der Waals surface area contributed by atoms with E-state index in [1.165, 1.54) is 27.8 Å². The molecule has 9 nitrogen and oxygen atoms in total. The van der Waals surface area contributed by atoms with Crippen LogP contribution in [0.25, 0.3) is 16.9 Å². The molecule has 1 aliphatic carbocycles. The normalized spacial score (nSPS) is 19.6. The number of halogens is 2. The number of hydrogen-bond donors (Lipinski definition) is 0. The molecule has 41 heavy (non-hydrogen) atoms. The summed E-state index contributed by atoms with van der Waals surface area (Å²) >= 11 is 6.61. The van der Waals surface area contributed by atoms with Crippen molar-refractivity contribution in [2.24, 2.45) is 5.92 Å². The van der Waals surface area contributed by atoms with Gasteiger partial charge in [-0.2, -0.15) is 0 Å². The number of rotatable bonds is 5. The predicted molar refractivity (Wildman–Crippen MR) is 154 cm³/mol. The predicted octanol–water partition coefficient (Wildman–Crippen LogP) is 3.37. The van der Waals surface area contributed by atoms with Gasteiger partial charge in [0.05, 0.1) is 28.5 Å². The molecule has 3 aromatic rings. The molecule has 2 aliphatic rings. The van der Waals surface area contributed by atoms with Gasteiger partial charge in [0.2, 0.25) is 5.91 Å². The van der Waals surface area contributed by atoms with Crippen LogP contribution in [0.4, 0.5) is 4.39 Å². The summed E-state index contributed by atoms with van der Waals surface area (Å²) in [6, 6.07) is 7.90. The van der Waals surface area contributed by atoms with Gasteiger partial charge in [0.25, 0.3) is 11.5 Å². The Morgan fingerprint density at radius 2 is 1.80 bits per heavy atom. The maximum absolute atomic E-state index is 15.4. The zero-order valence-electron chi connectivity index (χ0n) is 23.1. The second-order valence-electron chi connectivity index (χ2n) is 10.8. The van der Waals surface area contributed by atoms with E-state index in [2.05, 4.69) is 4.98 Å². The zero-order chi connectivity index (χ0) is 29.8. The van der Waals surface area contributed by atoms with Crippen LogP contribution in [0, 0.1) is 25.6 Å². The monoisotopic (exact) mass is 600 g/mol. The van der Waals surface area contributed by atoms with E-state index in [0.717, 1.165) is 0 Å². The molecule has 1 aromatic carbocycles. The highest BCUT2D eigenvalue weighted by Gasteiger charge is 2.47. The minimum atomic E-state index is -3.11. The Kier molecular flexibility index (Phi) is 7.54. The molecule has 2 amide bonds. The van der Waals surface area contributed by atoms with Crippen LogP contribution >= 0.6 is 11.6 Å². The molecule has 0 unspecified atom stereocenters. The molecule has 216 valence electrons. The van der Waals surface area contributed by atoms with E-state index in [1.807, 2.05) is 0 Å². The van der Waals surface area contributed by atoms with Crippen molar-refractivity contribution in [1.29, 1.82) is 0 Å². The van der Waals surface area contributed by atoms with Crippen LogP contribution in [0.3, 0.4) is 0 Å².